The van der Waals surface area contributed by atoms with Gasteiger partial charge >= 0.3 is 0 Å². The highest BCUT2D eigenvalue weighted by Gasteiger charge is 2.68. The summed E-state index contributed by atoms with van der Waals surface area (Å²) in [5.41, 5.74) is 4.28. The Labute approximate surface area is 189 Å². The number of fused-ring (bicyclic) bond motifs is 3. The van der Waals surface area contributed by atoms with E-state index >= 15 is 0 Å². The van der Waals surface area contributed by atoms with Gasteiger partial charge in [0.2, 0.25) is 5.91 Å². The van der Waals surface area contributed by atoms with Crippen molar-refractivity contribution < 1.29 is 34.2 Å². The minimum absolute atomic E-state index is 0.0586. The van der Waals surface area contributed by atoms with E-state index in [9.17, 15) is 34.2 Å². The van der Waals surface area contributed by atoms with Crippen LogP contribution in [0.15, 0.2) is 24.3 Å². The largest absolute Gasteiger partial charge is 0.507 e. The minimum Gasteiger partial charge on any atom is -0.507 e. The molecule has 8 heteroatoms. The van der Waals surface area contributed by atoms with Crippen LogP contribution < -0.4 is 5.73 Å². The summed E-state index contributed by atoms with van der Waals surface area (Å²) in [5.74, 6) is -10.7. The molecule has 7 atom stereocenters. The Bertz CT molecular complexity index is 1170. The summed E-state index contributed by atoms with van der Waals surface area (Å²) in [6, 6.07) is 3.25. The Morgan fingerprint density at radius 1 is 1.15 bits per heavy atom. The lowest BCUT2D eigenvalue weighted by Crippen LogP contribution is -2.70. The smallest absolute Gasteiger partial charge is 0.235 e. The molecule has 0 bridgehead atoms. The molecule has 5 rings (SSSR count). The predicted octanol–water partition coefficient (Wildman–Crippen LogP) is 1.01. The molecule has 4 aliphatic carbocycles. The van der Waals surface area contributed by atoms with Gasteiger partial charge in [-0.05, 0) is 48.8 Å². The zero-order valence-electron chi connectivity index (χ0n) is 18.1. The number of benzene rings is 1. The Balaban J connectivity index is 1.62. The Hall–Kier alpha value is -3.13. The summed E-state index contributed by atoms with van der Waals surface area (Å²) in [5, 5.41) is 21.9. The van der Waals surface area contributed by atoms with Gasteiger partial charge in [-0.15, -0.1) is 0 Å². The highest BCUT2D eigenvalue weighted by atomic mass is 16.3. The fourth-order valence-electron chi connectivity index (χ4n) is 6.55. The molecule has 33 heavy (non-hydrogen) atoms. The molecule has 0 aromatic heterocycles. The van der Waals surface area contributed by atoms with Gasteiger partial charge in [0.1, 0.15) is 5.75 Å². The van der Waals surface area contributed by atoms with Crippen molar-refractivity contribution in [1.29, 1.82) is 0 Å². The molecule has 1 aromatic rings. The average Bonchev–Trinajstić information content (AvgIpc) is 3.29. The highest BCUT2D eigenvalue weighted by molar-refractivity contribution is 6.31. The van der Waals surface area contributed by atoms with Gasteiger partial charge < -0.3 is 15.9 Å². The summed E-state index contributed by atoms with van der Waals surface area (Å²) in [4.78, 5) is 64.7. The van der Waals surface area contributed by atoms with E-state index in [2.05, 4.69) is 12.2 Å². The number of phenols is 1. The SMILES string of the molecule is C[C@@H]1C(=O)C(C(N)=O)C(=O)[C@@]2(O)C(=O)C3C(=O)c4c(O)ccc(C5C=CCC5)c4C[C@H]3C[C@@H]12. The van der Waals surface area contributed by atoms with Gasteiger partial charge in [0, 0.05) is 17.8 Å². The first kappa shape index (κ1) is 21.7. The summed E-state index contributed by atoms with van der Waals surface area (Å²) in [6.45, 7) is 1.48. The number of nitrogens with two attached hydrogens (primary N) is 1. The van der Waals surface area contributed by atoms with Gasteiger partial charge in [-0.3, -0.25) is 24.0 Å². The van der Waals surface area contributed by atoms with Crippen molar-refractivity contribution in [2.75, 3.05) is 0 Å². The van der Waals surface area contributed by atoms with Crippen LogP contribution in [0.1, 0.15) is 53.6 Å². The third kappa shape index (κ3) is 2.76. The number of Topliss-reactive ketones (excluding diaryl/α,β-unsaturated/α-hetero) is 4. The fourth-order valence-corrected chi connectivity index (χ4v) is 6.55. The topological polar surface area (TPSA) is 152 Å². The monoisotopic (exact) mass is 451 g/mol. The van der Waals surface area contributed by atoms with Crippen LogP contribution >= 0.6 is 0 Å². The number of hydrogen-bond donors (Lipinski definition) is 3. The number of phenolic OH excluding ortho intramolecular Hbond substituents is 1. The van der Waals surface area contributed by atoms with E-state index in [1.807, 2.05) is 0 Å². The van der Waals surface area contributed by atoms with Crippen LogP contribution in [0, 0.1) is 29.6 Å². The van der Waals surface area contributed by atoms with Crippen LogP contribution in [0.25, 0.3) is 0 Å². The maximum Gasteiger partial charge on any atom is 0.235 e. The lowest BCUT2D eigenvalue weighted by Gasteiger charge is -2.51. The lowest BCUT2D eigenvalue weighted by atomic mass is 9.51. The molecule has 1 amide bonds. The summed E-state index contributed by atoms with van der Waals surface area (Å²) < 4.78 is 0. The van der Waals surface area contributed by atoms with E-state index in [-0.39, 0.29) is 23.7 Å². The molecule has 2 saturated carbocycles. The first-order valence-electron chi connectivity index (χ1n) is 11.3. The lowest BCUT2D eigenvalue weighted by molar-refractivity contribution is -0.180. The Morgan fingerprint density at radius 3 is 2.52 bits per heavy atom. The van der Waals surface area contributed by atoms with Crippen molar-refractivity contribution in [2.24, 2.45) is 35.3 Å². The van der Waals surface area contributed by atoms with Crippen molar-refractivity contribution in [3.05, 3.63) is 41.0 Å². The Kier molecular flexibility index (Phi) is 4.72. The van der Waals surface area contributed by atoms with Gasteiger partial charge in [0.15, 0.2) is 34.7 Å². The number of aliphatic hydroxyl groups is 1. The fraction of sp³-hybridized carbons (Fsp3) is 0.480. The van der Waals surface area contributed by atoms with Crippen molar-refractivity contribution in [1.82, 2.24) is 0 Å². The van der Waals surface area contributed by atoms with Gasteiger partial charge in [-0.2, -0.15) is 0 Å². The number of carbonyl (C=O) groups is 5. The zero-order chi connectivity index (χ0) is 23.8. The number of amides is 1. The maximum absolute atomic E-state index is 13.6. The van der Waals surface area contributed by atoms with E-state index in [1.54, 1.807) is 6.07 Å². The van der Waals surface area contributed by atoms with Crippen LogP contribution in [-0.4, -0.2) is 44.9 Å². The quantitative estimate of drug-likeness (QED) is 0.448. The normalized spacial score (nSPS) is 37.5. The van der Waals surface area contributed by atoms with Crippen LogP contribution in [0.2, 0.25) is 0 Å². The van der Waals surface area contributed by atoms with Gasteiger partial charge in [0.25, 0.3) is 0 Å². The van der Waals surface area contributed by atoms with Gasteiger partial charge in [-0.1, -0.05) is 25.1 Å². The second kappa shape index (κ2) is 7.18. The number of primary amides is 1. The number of hydrogen-bond acceptors (Lipinski definition) is 7. The van der Waals surface area contributed by atoms with Gasteiger partial charge in [0.05, 0.1) is 11.5 Å². The molecule has 4 N–H and O–H groups in total. The molecular formula is C25H25NO7. The highest BCUT2D eigenvalue weighted by Crippen LogP contribution is 2.52. The summed E-state index contributed by atoms with van der Waals surface area (Å²) in [7, 11) is 0. The molecular weight excluding hydrogens is 426 g/mol. The molecule has 3 unspecified atom stereocenters. The molecule has 1 aromatic carbocycles. The third-order valence-electron chi connectivity index (χ3n) is 8.22. The number of carbonyl (C=O) groups excluding carboxylic acids is 5. The third-order valence-corrected chi connectivity index (χ3v) is 8.22. The zero-order valence-corrected chi connectivity index (χ0v) is 18.1. The predicted molar refractivity (Wildman–Crippen MR) is 114 cm³/mol. The van der Waals surface area contributed by atoms with Crippen LogP contribution in [0.5, 0.6) is 5.75 Å². The number of rotatable bonds is 2. The first-order valence-corrected chi connectivity index (χ1v) is 11.3. The van der Waals surface area contributed by atoms with E-state index < -0.39 is 64.2 Å². The van der Waals surface area contributed by atoms with Gasteiger partial charge in [-0.25, -0.2) is 0 Å². The maximum atomic E-state index is 13.6. The molecule has 2 fully saturated rings. The number of allylic oxidation sites excluding steroid dienone is 2. The second-order valence-electron chi connectivity index (χ2n) is 9.81. The van der Waals surface area contributed by atoms with E-state index in [4.69, 9.17) is 5.73 Å². The van der Waals surface area contributed by atoms with E-state index in [0.717, 1.165) is 18.4 Å². The average molecular weight is 451 g/mol. The van der Waals surface area contributed by atoms with Crippen molar-refractivity contribution in [3.8, 4) is 5.75 Å². The molecule has 0 saturated heterocycles. The Morgan fingerprint density at radius 2 is 1.88 bits per heavy atom. The van der Waals surface area contributed by atoms with E-state index in [0.29, 0.717) is 12.0 Å². The molecule has 0 aliphatic heterocycles. The molecule has 0 radical (unpaired) electrons. The number of ketones is 4. The molecule has 0 spiro atoms. The van der Waals surface area contributed by atoms with Crippen LogP contribution in [-0.2, 0) is 25.6 Å². The van der Waals surface area contributed by atoms with Crippen molar-refractivity contribution >= 4 is 29.0 Å². The van der Waals surface area contributed by atoms with Crippen LogP contribution in [0.3, 0.4) is 0 Å². The van der Waals surface area contributed by atoms with Crippen molar-refractivity contribution in [3.63, 3.8) is 0 Å². The second-order valence-corrected chi connectivity index (χ2v) is 9.81. The minimum atomic E-state index is -2.64. The number of aromatic hydroxyl groups is 1. The van der Waals surface area contributed by atoms with Crippen LogP contribution in [0.4, 0.5) is 0 Å². The molecule has 172 valence electrons. The molecule has 8 nitrogen and oxygen atoms in total. The standard InChI is InChI=1S/C25H25NO7/c1-10-15-9-12-8-14-13(11-4-2-3-5-11)6-7-16(27)18(14)21(29)17(12)22(30)25(15,33)23(31)19(20(10)28)24(26)32/h2,4,6-7,10-12,15,17,19,27,33H,3,5,8-9H2,1H3,(H2,26,32)/t10-,11?,12-,15-,17?,19?,25-/m0/s1. The molecule has 4 aliphatic rings. The molecule has 0 heterocycles. The first-order chi connectivity index (χ1) is 15.6. The van der Waals surface area contributed by atoms with E-state index in [1.165, 1.54) is 13.0 Å². The summed E-state index contributed by atoms with van der Waals surface area (Å²) >= 11 is 0. The van der Waals surface area contributed by atoms with Crippen molar-refractivity contribution in [2.45, 2.75) is 44.1 Å². The summed E-state index contributed by atoms with van der Waals surface area (Å²) in [6.07, 6.45) is 6.34.